The van der Waals surface area contributed by atoms with Crippen molar-refractivity contribution in [2.75, 3.05) is 13.2 Å². The number of fused-ring (bicyclic) bond motifs is 3. The van der Waals surface area contributed by atoms with Crippen molar-refractivity contribution in [3.8, 4) is 0 Å². The molecule has 1 saturated heterocycles. The van der Waals surface area contributed by atoms with Crippen molar-refractivity contribution in [3.05, 3.63) is 62.8 Å². The van der Waals surface area contributed by atoms with Crippen LogP contribution in [-0.2, 0) is 17.8 Å². The smallest absolute Gasteiger partial charge is 0.294 e. The molecule has 2 atom stereocenters. The molecule has 1 aromatic carbocycles. The summed E-state index contributed by atoms with van der Waals surface area (Å²) in [6.45, 7) is 3.29. The fourth-order valence-corrected chi connectivity index (χ4v) is 4.74. The number of aromatic nitrogens is 2. The molecule has 4 heterocycles. The number of benzene rings is 1. The van der Waals surface area contributed by atoms with Crippen LogP contribution in [0.1, 0.15) is 23.5 Å². The number of quaternary nitrogens is 1. The molecule has 1 aliphatic heterocycles. The molecule has 0 saturated carbocycles. The van der Waals surface area contributed by atoms with Crippen LogP contribution in [0.5, 0.6) is 0 Å². The lowest BCUT2D eigenvalue weighted by Crippen LogP contribution is -3.10. The first kappa shape index (κ1) is 17.6. The molecule has 5 rings (SSSR count). The Kier molecular flexibility index (Phi) is 4.72. The zero-order valence-electron chi connectivity index (χ0n) is 15.4. The Hall–Kier alpha value is -2.48. The summed E-state index contributed by atoms with van der Waals surface area (Å²) in [7, 11) is 0. The Bertz CT molecular complexity index is 1140. The van der Waals surface area contributed by atoms with Crippen LogP contribution in [0.3, 0.4) is 0 Å². The standard InChI is InChI=1S/C21H21N3O3S/c25-21-20-19(16-7-1-2-8-17(16)27-20)22-18(23-21)13-24(11-14-5-3-9-26-14)12-15-6-4-10-28-15/h1-2,4,6-8,10,14H,3,5,9,11-13H2,(H,22,23,25)/p+1/t14-/m1/s1. The van der Waals surface area contributed by atoms with Gasteiger partial charge in [0.15, 0.2) is 5.82 Å². The van der Waals surface area contributed by atoms with Crippen LogP contribution in [0.25, 0.3) is 22.1 Å². The monoisotopic (exact) mass is 396 g/mol. The summed E-state index contributed by atoms with van der Waals surface area (Å²) < 4.78 is 11.6. The molecular formula is C21H22N3O3S+. The van der Waals surface area contributed by atoms with E-state index in [4.69, 9.17) is 14.1 Å². The summed E-state index contributed by atoms with van der Waals surface area (Å²) >= 11 is 1.76. The number of para-hydroxylation sites is 1. The zero-order chi connectivity index (χ0) is 18.9. The van der Waals surface area contributed by atoms with E-state index in [-0.39, 0.29) is 11.7 Å². The van der Waals surface area contributed by atoms with Gasteiger partial charge in [0.2, 0.25) is 5.58 Å². The van der Waals surface area contributed by atoms with E-state index in [2.05, 4.69) is 22.5 Å². The maximum absolute atomic E-state index is 12.6. The van der Waals surface area contributed by atoms with E-state index in [0.29, 0.717) is 29.1 Å². The van der Waals surface area contributed by atoms with Gasteiger partial charge in [-0.3, -0.25) is 4.79 Å². The van der Waals surface area contributed by atoms with Crippen LogP contribution < -0.4 is 10.5 Å². The quantitative estimate of drug-likeness (QED) is 0.525. The molecular weight excluding hydrogens is 374 g/mol. The molecule has 0 aliphatic carbocycles. The first-order valence-electron chi connectivity index (χ1n) is 9.64. The molecule has 144 valence electrons. The summed E-state index contributed by atoms with van der Waals surface area (Å²) in [4.78, 5) is 22.9. The molecule has 2 N–H and O–H groups in total. The van der Waals surface area contributed by atoms with Crippen molar-refractivity contribution in [1.82, 2.24) is 9.97 Å². The third-order valence-electron chi connectivity index (χ3n) is 5.24. The van der Waals surface area contributed by atoms with Crippen LogP contribution in [0, 0.1) is 0 Å². The number of furan rings is 1. The first-order valence-corrected chi connectivity index (χ1v) is 10.5. The largest absolute Gasteiger partial charge is 0.449 e. The number of hydrogen-bond acceptors (Lipinski definition) is 5. The molecule has 0 radical (unpaired) electrons. The average molecular weight is 396 g/mol. The maximum Gasteiger partial charge on any atom is 0.294 e. The number of nitrogens with one attached hydrogen (secondary N) is 2. The lowest BCUT2D eigenvalue weighted by molar-refractivity contribution is -0.930. The minimum Gasteiger partial charge on any atom is -0.449 e. The van der Waals surface area contributed by atoms with Crippen molar-refractivity contribution in [3.63, 3.8) is 0 Å². The number of nitrogens with zero attached hydrogens (tertiary/aromatic N) is 1. The number of rotatable bonds is 6. The van der Waals surface area contributed by atoms with Gasteiger partial charge in [-0.25, -0.2) is 4.98 Å². The number of aromatic amines is 1. The highest BCUT2D eigenvalue weighted by Gasteiger charge is 2.24. The van der Waals surface area contributed by atoms with Gasteiger partial charge in [0, 0.05) is 12.0 Å². The van der Waals surface area contributed by atoms with Crippen LogP contribution >= 0.6 is 11.3 Å². The van der Waals surface area contributed by atoms with E-state index in [1.165, 1.54) is 9.78 Å². The van der Waals surface area contributed by atoms with Crippen molar-refractivity contribution in [2.24, 2.45) is 0 Å². The second kappa shape index (κ2) is 7.50. The van der Waals surface area contributed by atoms with E-state index in [1.54, 1.807) is 11.3 Å². The van der Waals surface area contributed by atoms with Gasteiger partial charge < -0.3 is 19.0 Å². The lowest BCUT2D eigenvalue weighted by atomic mass is 10.2. The van der Waals surface area contributed by atoms with Crippen LogP contribution in [0.2, 0.25) is 0 Å². The zero-order valence-corrected chi connectivity index (χ0v) is 16.3. The minimum atomic E-state index is -0.219. The summed E-state index contributed by atoms with van der Waals surface area (Å²) in [5, 5.41) is 2.98. The van der Waals surface area contributed by atoms with E-state index in [1.807, 2.05) is 24.3 Å². The highest BCUT2D eigenvalue weighted by molar-refractivity contribution is 7.09. The summed E-state index contributed by atoms with van der Waals surface area (Å²) in [5.74, 6) is 0.689. The van der Waals surface area contributed by atoms with E-state index >= 15 is 0 Å². The predicted octanol–water partition coefficient (Wildman–Crippen LogP) is 2.49. The number of H-pyrrole nitrogens is 1. The van der Waals surface area contributed by atoms with Gasteiger partial charge in [-0.15, -0.1) is 11.3 Å². The van der Waals surface area contributed by atoms with Gasteiger partial charge in [0.05, 0.1) is 4.88 Å². The fraction of sp³-hybridized carbons (Fsp3) is 0.333. The van der Waals surface area contributed by atoms with Crippen molar-refractivity contribution >= 4 is 33.4 Å². The average Bonchev–Trinajstić information content (AvgIpc) is 3.43. The highest BCUT2D eigenvalue weighted by atomic mass is 32.1. The highest BCUT2D eigenvalue weighted by Crippen LogP contribution is 2.24. The topological polar surface area (TPSA) is 72.6 Å². The number of ether oxygens (including phenoxy) is 1. The van der Waals surface area contributed by atoms with Crippen LogP contribution in [-0.4, -0.2) is 29.2 Å². The number of thiophene rings is 1. The predicted molar refractivity (Wildman–Crippen MR) is 109 cm³/mol. The lowest BCUT2D eigenvalue weighted by Gasteiger charge is -2.21. The van der Waals surface area contributed by atoms with Crippen molar-refractivity contribution < 1.29 is 14.1 Å². The molecule has 1 fully saturated rings. The van der Waals surface area contributed by atoms with Gasteiger partial charge in [-0.2, -0.15) is 0 Å². The SMILES string of the molecule is O=c1[nH]c(C[NH+](Cc2cccs2)C[C@H]2CCCO2)nc2c1oc1ccccc12. The van der Waals surface area contributed by atoms with Crippen LogP contribution in [0.15, 0.2) is 51.0 Å². The van der Waals surface area contributed by atoms with Crippen molar-refractivity contribution in [2.45, 2.75) is 32.0 Å². The molecule has 1 aliphatic rings. The van der Waals surface area contributed by atoms with Gasteiger partial charge in [-0.05, 0) is 36.4 Å². The Morgan fingerprint density at radius 1 is 1.21 bits per heavy atom. The molecule has 0 spiro atoms. The van der Waals surface area contributed by atoms with Gasteiger partial charge >= 0.3 is 0 Å². The number of hydrogen-bond donors (Lipinski definition) is 2. The molecule has 3 aromatic heterocycles. The molecule has 4 aromatic rings. The molecule has 7 heteroatoms. The Labute approximate surface area is 165 Å². The molecule has 1 unspecified atom stereocenters. The minimum absolute atomic E-state index is 0.219. The van der Waals surface area contributed by atoms with Crippen LogP contribution in [0.4, 0.5) is 0 Å². The molecule has 6 nitrogen and oxygen atoms in total. The maximum atomic E-state index is 12.6. The fourth-order valence-electron chi connectivity index (χ4n) is 3.96. The second-order valence-corrected chi connectivity index (χ2v) is 8.34. The van der Waals surface area contributed by atoms with Crippen molar-refractivity contribution in [1.29, 1.82) is 0 Å². The third kappa shape index (κ3) is 3.48. The Balaban J connectivity index is 1.47. The van der Waals surface area contributed by atoms with Gasteiger partial charge in [-0.1, -0.05) is 18.2 Å². The van der Waals surface area contributed by atoms with Gasteiger partial charge in [0.25, 0.3) is 5.56 Å². The summed E-state index contributed by atoms with van der Waals surface area (Å²) in [6, 6.07) is 11.9. The van der Waals surface area contributed by atoms with E-state index in [9.17, 15) is 4.79 Å². The normalized spacial score (nSPS) is 18.2. The van der Waals surface area contributed by atoms with E-state index < -0.39 is 0 Å². The van der Waals surface area contributed by atoms with Gasteiger partial charge in [0.1, 0.15) is 36.8 Å². The Morgan fingerprint density at radius 2 is 2.14 bits per heavy atom. The molecule has 0 amide bonds. The molecule has 0 bridgehead atoms. The Morgan fingerprint density at radius 3 is 2.96 bits per heavy atom. The summed E-state index contributed by atoms with van der Waals surface area (Å²) in [5.41, 5.74) is 1.41. The van der Waals surface area contributed by atoms with E-state index in [0.717, 1.165) is 37.9 Å². The second-order valence-electron chi connectivity index (χ2n) is 7.31. The molecule has 28 heavy (non-hydrogen) atoms. The third-order valence-corrected chi connectivity index (χ3v) is 6.12. The first-order chi connectivity index (χ1) is 13.8. The summed E-state index contributed by atoms with van der Waals surface area (Å²) in [6.07, 6.45) is 2.50.